The lowest BCUT2D eigenvalue weighted by molar-refractivity contribution is -0.124. The third-order valence-corrected chi connectivity index (χ3v) is 4.95. The number of fused-ring (bicyclic) bond motifs is 1. The molecule has 8 nitrogen and oxygen atoms in total. The summed E-state index contributed by atoms with van der Waals surface area (Å²) in [7, 11) is 1.80. The molecule has 0 saturated carbocycles. The number of benzene rings is 2. The van der Waals surface area contributed by atoms with Gasteiger partial charge in [-0.2, -0.15) is 5.10 Å². The number of aromatic nitrogens is 4. The van der Waals surface area contributed by atoms with Gasteiger partial charge < -0.3 is 16.2 Å². The first-order valence-electron chi connectivity index (χ1n) is 9.59. The highest BCUT2D eigenvalue weighted by Crippen LogP contribution is 2.29. The molecular weight excluding hydrogens is 380 g/mol. The molecule has 30 heavy (non-hydrogen) atoms. The van der Waals surface area contributed by atoms with Gasteiger partial charge >= 0.3 is 0 Å². The molecule has 8 heteroatoms. The standard InChI is InChI=1S/C22H22N6O2/c1-3-13-9-15(10-16-12-24-22(23)26-19(13)16)17-11-18(27-28(17)2)25-21(30)20(29)14-7-5-4-6-8-14/h4-12,20,29H,3H2,1-2H3,(H2,23,24,26)(H,25,27,30)/t20-/m0/s1. The molecule has 0 aliphatic carbocycles. The fourth-order valence-corrected chi connectivity index (χ4v) is 3.43. The Morgan fingerprint density at radius 1 is 1.23 bits per heavy atom. The predicted molar refractivity (Wildman–Crippen MR) is 116 cm³/mol. The van der Waals surface area contributed by atoms with Gasteiger partial charge in [0.05, 0.1) is 11.2 Å². The summed E-state index contributed by atoms with van der Waals surface area (Å²) in [6, 6.07) is 14.5. The molecule has 0 aliphatic heterocycles. The molecule has 0 unspecified atom stereocenters. The largest absolute Gasteiger partial charge is 0.378 e. The fraction of sp³-hybridized carbons (Fsp3) is 0.182. The van der Waals surface area contributed by atoms with Gasteiger partial charge in [0.15, 0.2) is 11.9 Å². The van der Waals surface area contributed by atoms with Gasteiger partial charge in [-0.15, -0.1) is 0 Å². The van der Waals surface area contributed by atoms with E-state index in [9.17, 15) is 9.90 Å². The van der Waals surface area contributed by atoms with Crippen molar-refractivity contribution < 1.29 is 9.90 Å². The molecule has 0 saturated heterocycles. The van der Waals surface area contributed by atoms with Crippen LogP contribution >= 0.6 is 0 Å². The van der Waals surface area contributed by atoms with Gasteiger partial charge in [0.2, 0.25) is 5.95 Å². The summed E-state index contributed by atoms with van der Waals surface area (Å²) in [5.74, 6) is 0.0640. The molecule has 2 heterocycles. The van der Waals surface area contributed by atoms with Gasteiger partial charge in [0.1, 0.15) is 0 Å². The molecule has 0 fully saturated rings. The van der Waals surface area contributed by atoms with E-state index in [0.717, 1.165) is 34.1 Å². The molecule has 0 spiro atoms. The number of anilines is 2. The third-order valence-electron chi connectivity index (χ3n) is 4.95. The number of carbonyl (C=O) groups excluding carboxylic acids is 1. The van der Waals surface area contributed by atoms with Crippen LogP contribution in [0.15, 0.2) is 54.7 Å². The summed E-state index contributed by atoms with van der Waals surface area (Å²) in [4.78, 5) is 20.9. The van der Waals surface area contributed by atoms with Crippen molar-refractivity contribution in [2.24, 2.45) is 7.05 Å². The monoisotopic (exact) mass is 402 g/mol. The van der Waals surface area contributed by atoms with Gasteiger partial charge in [0, 0.05) is 30.3 Å². The molecule has 1 atom stereocenters. The highest BCUT2D eigenvalue weighted by Gasteiger charge is 2.19. The number of aliphatic hydroxyl groups is 1. The van der Waals surface area contributed by atoms with E-state index in [2.05, 4.69) is 27.3 Å². The highest BCUT2D eigenvalue weighted by atomic mass is 16.3. The number of carbonyl (C=O) groups is 1. The average molecular weight is 402 g/mol. The van der Waals surface area contributed by atoms with E-state index in [0.29, 0.717) is 11.4 Å². The molecule has 0 radical (unpaired) electrons. The lowest BCUT2D eigenvalue weighted by Crippen LogP contribution is -2.21. The molecule has 4 aromatic rings. The maximum absolute atomic E-state index is 12.4. The SMILES string of the molecule is CCc1cc(-c2cc(NC(=O)[C@@H](O)c3ccccc3)nn2C)cc2cnc(N)nc12. The summed E-state index contributed by atoms with van der Waals surface area (Å²) < 4.78 is 1.68. The zero-order valence-corrected chi connectivity index (χ0v) is 16.7. The number of aryl methyl sites for hydroxylation is 2. The van der Waals surface area contributed by atoms with Crippen LogP contribution in [-0.4, -0.2) is 30.8 Å². The molecule has 2 aromatic carbocycles. The lowest BCUT2D eigenvalue weighted by atomic mass is 10.0. The zero-order chi connectivity index (χ0) is 21.3. The van der Waals surface area contributed by atoms with Crippen LogP contribution in [0.2, 0.25) is 0 Å². The Hall–Kier alpha value is -3.78. The van der Waals surface area contributed by atoms with E-state index in [1.807, 2.05) is 18.2 Å². The van der Waals surface area contributed by atoms with Gasteiger partial charge in [-0.25, -0.2) is 9.97 Å². The Morgan fingerprint density at radius 3 is 2.73 bits per heavy atom. The topological polar surface area (TPSA) is 119 Å². The lowest BCUT2D eigenvalue weighted by Gasteiger charge is -2.09. The van der Waals surface area contributed by atoms with Crippen molar-refractivity contribution in [1.82, 2.24) is 19.7 Å². The number of amides is 1. The second-order valence-electron chi connectivity index (χ2n) is 7.00. The number of rotatable bonds is 5. The molecule has 1 amide bonds. The average Bonchev–Trinajstić information content (AvgIpc) is 3.12. The number of aliphatic hydroxyl groups excluding tert-OH is 1. The van der Waals surface area contributed by atoms with Crippen LogP contribution in [0.1, 0.15) is 24.2 Å². The Balaban J connectivity index is 1.64. The second kappa shape index (κ2) is 7.92. The molecule has 4 rings (SSSR count). The van der Waals surface area contributed by atoms with Crippen molar-refractivity contribution >= 4 is 28.6 Å². The van der Waals surface area contributed by atoms with Gasteiger partial charge in [-0.1, -0.05) is 37.3 Å². The number of nitrogens with two attached hydrogens (primary N) is 1. The van der Waals surface area contributed by atoms with E-state index in [4.69, 9.17) is 5.73 Å². The quantitative estimate of drug-likeness (QED) is 0.472. The van der Waals surface area contributed by atoms with Crippen LogP contribution in [0.3, 0.4) is 0 Å². The first-order chi connectivity index (χ1) is 14.5. The fourth-order valence-electron chi connectivity index (χ4n) is 3.43. The maximum Gasteiger partial charge on any atom is 0.259 e. The van der Waals surface area contributed by atoms with Crippen LogP contribution in [0, 0.1) is 0 Å². The molecular formula is C22H22N6O2. The Kier molecular flexibility index (Phi) is 5.16. The van der Waals surface area contributed by atoms with Gasteiger partial charge in [-0.3, -0.25) is 9.48 Å². The molecule has 0 bridgehead atoms. The number of nitrogens with zero attached hydrogens (tertiary/aromatic N) is 4. The number of nitrogen functional groups attached to an aromatic ring is 1. The van der Waals surface area contributed by atoms with E-state index < -0.39 is 12.0 Å². The Labute approximate surface area is 173 Å². The van der Waals surface area contributed by atoms with E-state index in [-0.39, 0.29) is 5.95 Å². The minimum absolute atomic E-state index is 0.243. The van der Waals surface area contributed by atoms with Crippen molar-refractivity contribution in [3.8, 4) is 11.3 Å². The first-order valence-corrected chi connectivity index (χ1v) is 9.59. The Bertz CT molecular complexity index is 1220. The van der Waals surface area contributed by atoms with Crippen molar-refractivity contribution in [1.29, 1.82) is 0 Å². The number of nitrogens with one attached hydrogen (secondary N) is 1. The van der Waals surface area contributed by atoms with Crippen LogP contribution in [-0.2, 0) is 18.3 Å². The summed E-state index contributed by atoms with van der Waals surface area (Å²) in [6.07, 6.45) is 1.22. The van der Waals surface area contributed by atoms with E-state index in [1.165, 1.54) is 0 Å². The van der Waals surface area contributed by atoms with Gasteiger partial charge in [-0.05, 0) is 29.7 Å². The summed E-state index contributed by atoms with van der Waals surface area (Å²) in [5.41, 5.74) is 9.87. The number of hydrogen-bond acceptors (Lipinski definition) is 6. The minimum atomic E-state index is -1.27. The smallest absolute Gasteiger partial charge is 0.259 e. The predicted octanol–water partition coefficient (Wildman–Crippen LogP) is 2.85. The number of hydrogen-bond donors (Lipinski definition) is 3. The maximum atomic E-state index is 12.4. The molecule has 0 aliphatic rings. The zero-order valence-electron chi connectivity index (χ0n) is 16.7. The van der Waals surface area contributed by atoms with Crippen LogP contribution in [0.25, 0.3) is 22.2 Å². The summed E-state index contributed by atoms with van der Waals surface area (Å²) in [5, 5.41) is 18.2. The van der Waals surface area contributed by atoms with Gasteiger partial charge in [0.25, 0.3) is 5.91 Å². The second-order valence-corrected chi connectivity index (χ2v) is 7.00. The van der Waals surface area contributed by atoms with Crippen molar-refractivity contribution in [3.63, 3.8) is 0 Å². The van der Waals surface area contributed by atoms with Crippen LogP contribution in [0.4, 0.5) is 11.8 Å². The van der Waals surface area contributed by atoms with Crippen molar-refractivity contribution in [2.45, 2.75) is 19.4 Å². The molecule has 4 N–H and O–H groups in total. The summed E-state index contributed by atoms with van der Waals surface area (Å²) in [6.45, 7) is 2.05. The third kappa shape index (κ3) is 3.72. The normalized spacial score (nSPS) is 12.1. The Morgan fingerprint density at radius 2 is 2.00 bits per heavy atom. The van der Waals surface area contributed by atoms with Crippen LogP contribution in [0.5, 0.6) is 0 Å². The van der Waals surface area contributed by atoms with Crippen molar-refractivity contribution in [3.05, 3.63) is 65.9 Å². The minimum Gasteiger partial charge on any atom is -0.378 e. The van der Waals surface area contributed by atoms with E-state index in [1.54, 1.807) is 48.3 Å². The highest BCUT2D eigenvalue weighted by molar-refractivity contribution is 5.94. The summed E-state index contributed by atoms with van der Waals surface area (Å²) >= 11 is 0. The molecule has 2 aromatic heterocycles. The van der Waals surface area contributed by atoms with Crippen LogP contribution < -0.4 is 11.1 Å². The molecule has 152 valence electrons. The first kappa shape index (κ1) is 19.5. The van der Waals surface area contributed by atoms with E-state index >= 15 is 0 Å². The van der Waals surface area contributed by atoms with Crippen molar-refractivity contribution in [2.75, 3.05) is 11.1 Å².